The molecule has 1 aliphatic carbocycles. The van der Waals surface area contributed by atoms with E-state index in [1.807, 2.05) is 18.2 Å². The molecule has 3 rings (SSSR count). The molecule has 0 fully saturated rings. The first kappa shape index (κ1) is 12.4. The van der Waals surface area contributed by atoms with E-state index in [4.69, 9.17) is 0 Å². The predicted octanol–water partition coefficient (Wildman–Crippen LogP) is 2.12. The van der Waals surface area contributed by atoms with E-state index in [-0.39, 0.29) is 4.90 Å². The summed E-state index contributed by atoms with van der Waals surface area (Å²) >= 11 is 0. The van der Waals surface area contributed by atoms with Crippen LogP contribution in [0.2, 0.25) is 0 Å². The lowest BCUT2D eigenvalue weighted by Crippen LogP contribution is -2.22. The minimum absolute atomic E-state index is 0.260. The normalized spacial score (nSPS) is 22.2. The number of rotatable bonds is 2. The minimum atomic E-state index is -3.55. The van der Waals surface area contributed by atoms with Crippen LogP contribution >= 0.6 is 0 Å². The van der Waals surface area contributed by atoms with Crippen LogP contribution in [0.3, 0.4) is 0 Å². The highest BCUT2D eigenvalue weighted by molar-refractivity contribution is 7.91. The van der Waals surface area contributed by atoms with Crippen molar-refractivity contribution in [2.45, 2.75) is 22.7 Å². The molecule has 19 heavy (non-hydrogen) atoms. The molecule has 0 aromatic heterocycles. The molecular weight excluding hydrogens is 260 g/mol. The van der Waals surface area contributed by atoms with Crippen LogP contribution in [0.25, 0.3) is 0 Å². The number of benzene rings is 2. The second-order valence-corrected chi connectivity index (χ2v) is 6.82. The van der Waals surface area contributed by atoms with Crippen LogP contribution < -0.4 is 0 Å². The van der Waals surface area contributed by atoms with Crippen molar-refractivity contribution in [2.75, 3.05) is 0 Å². The molecule has 3 nitrogen and oxygen atoms in total. The molecule has 0 spiro atoms. The zero-order valence-corrected chi connectivity index (χ0v) is 11.0. The maximum absolute atomic E-state index is 12.6. The largest absolute Gasteiger partial charge is 0.391 e. The third-order valence-electron chi connectivity index (χ3n) is 3.55. The van der Waals surface area contributed by atoms with Gasteiger partial charge in [0.15, 0.2) is 9.84 Å². The Bertz CT molecular complexity index is 692. The fourth-order valence-corrected chi connectivity index (χ4v) is 4.57. The summed E-state index contributed by atoms with van der Waals surface area (Å²) in [4.78, 5) is 0.260. The van der Waals surface area contributed by atoms with Crippen LogP contribution in [0, 0.1) is 0 Å². The van der Waals surface area contributed by atoms with Crippen molar-refractivity contribution in [3.8, 4) is 0 Å². The van der Waals surface area contributed by atoms with Gasteiger partial charge in [0.25, 0.3) is 0 Å². The lowest BCUT2D eigenvalue weighted by Gasteiger charge is -2.16. The molecule has 1 N–H and O–H groups in total. The summed E-state index contributed by atoms with van der Waals surface area (Å²) in [5.41, 5.74) is 1.64. The van der Waals surface area contributed by atoms with Crippen molar-refractivity contribution in [1.82, 2.24) is 0 Å². The summed E-state index contributed by atoms with van der Waals surface area (Å²) in [5.74, 6) is 0. The average molecular weight is 274 g/mol. The molecular formula is C15H14O3S. The number of aliphatic hydroxyl groups is 1. The SMILES string of the molecule is O=S(=O)(c1ccccc1)C1c2ccccc2CC1O. The Labute approximate surface area is 112 Å². The molecule has 1 aliphatic rings. The maximum atomic E-state index is 12.6. The summed E-state index contributed by atoms with van der Waals surface area (Å²) in [6.45, 7) is 0. The zero-order valence-electron chi connectivity index (χ0n) is 10.2. The predicted molar refractivity (Wildman–Crippen MR) is 72.5 cm³/mol. The zero-order chi connectivity index (χ0) is 13.5. The lowest BCUT2D eigenvalue weighted by molar-refractivity contribution is 0.180. The Balaban J connectivity index is 2.13. The van der Waals surface area contributed by atoms with Crippen molar-refractivity contribution in [2.24, 2.45) is 0 Å². The summed E-state index contributed by atoms with van der Waals surface area (Å²) < 4.78 is 25.3. The third kappa shape index (κ3) is 1.97. The van der Waals surface area contributed by atoms with E-state index in [1.165, 1.54) is 0 Å². The van der Waals surface area contributed by atoms with E-state index in [2.05, 4.69) is 0 Å². The minimum Gasteiger partial charge on any atom is -0.391 e. The molecule has 2 atom stereocenters. The smallest absolute Gasteiger partial charge is 0.187 e. The summed E-state index contributed by atoms with van der Waals surface area (Å²) in [5, 5.41) is 9.27. The summed E-state index contributed by atoms with van der Waals surface area (Å²) in [7, 11) is -3.55. The Morgan fingerprint density at radius 3 is 2.32 bits per heavy atom. The average Bonchev–Trinajstić information content (AvgIpc) is 2.76. The van der Waals surface area contributed by atoms with Gasteiger partial charge in [-0.15, -0.1) is 0 Å². The maximum Gasteiger partial charge on any atom is 0.187 e. The van der Waals surface area contributed by atoms with E-state index in [1.54, 1.807) is 36.4 Å². The Morgan fingerprint density at radius 2 is 1.58 bits per heavy atom. The molecule has 0 saturated heterocycles. The van der Waals surface area contributed by atoms with Crippen LogP contribution in [-0.2, 0) is 16.3 Å². The van der Waals surface area contributed by atoms with Gasteiger partial charge in [0.2, 0.25) is 0 Å². The van der Waals surface area contributed by atoms with Crippen LogP contribution in [-0.4, -0.2) is 19.6 Å². The number of sulfone groups is 1. The summed E-state index contributed by atoms with van der Waals surface area (Å²) in [6.07, 6.45) is -0.477. The Kier molecular flexibility index (Phi) is 2.92. The van der Waals surface area contributed by atoms with Gasteiger partial charge < -0.3 is 5.11 Å². The molecule has 2 aromatic carbocycles. The molecule has 0 saturated carbocycles. The Hall–Kier alpha value is -1.65. The van der Waals surface area contributed by atoms with Crippen LogP contribution in [0.4, 0.5) is 0 Å². The van der Waals surface area contributed by atoms with E-state index in [0.29, 0.717) is 6.42 Å². The van der Waals surface area contributed by atoms with Gasteiger partial charge in [0, 0.05) is 6.42 Å². The van der Waals surface area contributed by atoms with Gasteiger partial charge in [-0.3, -0.25) is 0 Å². The quantitative estimate of drug-likeness (QED) is 0.912. The fourth-order valence-electron chi connectivity index (χ4n) is 2.67. The van der Waals surface area contributed by atoms with Gasteiger partial charge in [0.05, 0.1) is 11.0 Å². The van der Waals surface area contributed by atoms with Crippen LogP contribution in [0.15, 0.2) is 59.5 Å². The van der Waals surface area contributed by atoms with Crippen molar-refractivity contribution >= 4 is 9.84 Å². The number of hydrogen-bond donors (Lipinski definition) is 1. The van der Waals surface area contributed by atoms with Crippen LogP contribution in [0.5, 0.6) is 0 Å². The molecule has 0 amide bonds. The van der Waals surface area contributed by atoms with Gasteiger partial charge >= 0.3 is 0 Å². The molecule has 2 unspecified atom stereocenters. The fraction of sp³-hybridized carbons (Fsp3) is 0.200. The van der Waals surface area contributed by atoms with Crippen LogP contribution in [0.1, 0.15) is 16.4 Å². The molecule has 2 aromatic rings. The van der Waals surface area contributed by atoms with Crippen molar-refractivity contribution in [1.29, 1.82) is 0 Å². The second-order valence-electron chi connectivity index (χ2n) is 4.75. The second kappa shape index (κ2) is 4.47. The van der Waals surface area contributed by atoms with Gasteiger partial charge in [0.1, 0.15) is 5.25 Å². The van der Waals surface area contributed by atoms with E-state index < -0.39 is 21.2 Å². The van der Waals surface area contributed by atoms with E-state index >= 15 is 0 Å². The monoisotopic (exact) mass is 274 g/mol. The lowest BCUT2D eigenvalue weighted by atomic mass is 10.1. The molecule has 0 bridgehead atoms. The van der Waals surface area contributed by atoms with Gasteiger partial charge in [-0.05, 0) is 23.3 Å². The van der Waals surface area contributed by atoms with E-state index in [9.17, 15) is 13.5 Å². The van der Waals surface area contributed by atoms with Gasteiger partial charge in [-0.25, -0.2) is 8.42 Å². The van der Waals surface area contributed by atoms with Crippen molar-refractivity contribution < 1.29 is 13.5 Å². The molecule has 98 valence electrons. The summed E-state index contributed by atoms with van der Waals surface area (Å²) in [6, 6.07) is 15.6. The highest BCUT2D eigenvalue weighted by Crippen LogP contribution is 2.40. The Morgan fingerprint density at radius 1 is 0.947 bits per heavy atom. The number of hydrogen-bond acceptors (Lipinski definition) is 3. The first-order valence-electron chi connectivity index (χ1n) is 6.15. The number of fused-ring (bicyclic) bond motifs is 1. The highest BCUT2D eigenvalue weighted by atomic mass is 32.2. The highest BCUT2D eigenvalue weighted by Gasteiger charge is 2.41. The van der Waals surface area contributed by atoms with E-state index in [0.717, 1.165) is 11.1 Å². The third-order valence-corrected chi connectivity index (χ3v) is 5.71. The first-order valence-corrected chi connectivity index (χ1v) is 7.70. The van der Waals surface area contributed by atoms with Gasteiger partial charge in [-0.1, -0.05) is 42.5 Å². The molecule has 0 aliphatic heterocycles. The topological polar surface area (TPSA) is 54.4 Å². The van der Waals surface area contributed by atoms with Gasteiger partial charge in [-0.2, -0.15) is 0 Å². The first-order chi connectivity index (χ1) is 9.10. The molecule has 0 radical (unpaired) electrons. The molecule has 0 heterocycles. The molecule has 4 heteroatoms. The van der Waals surface area contributed by atoms with Crippen molar-refractivity contribution in [3.05, 3.63) is 65.7 Å². The van der Waals surface area contributed by atoms with Crippen molar-refractivity contribution in [3.63, 3.8) is 0 Å². The standard InChI is InChI=1S/C15H14O3S/c16-14-10-11-6-4-5-9-13(11)15(14)19(17,18)12-7-2-1-3-8-12/h1-9,14-16H,10H2. The number of aliphatic hydroxyl groups excluding tert-OH is 1.